The highest BCUT2D eigenvalue weighted by atomic mass is 19.1. The lowest BCUT2D eigenvalue weighted by atomic mass is 10.1. The molecule has 0 heterocycles. The van der Waals surface area contributed by atoms with Gasteiger partial charge in [-0.05, 0) is 36.7 Å². The third-order valence-electron chi connectivity index (χ3n) is 2.07. The van der Waals surface area contributed by atoms with Crippen LogP contribution in [0.1, 0.15) is 5.56 Å². The summed E-state index contributed by atoms with van der Waals surface area (Å²) in [6.07, 6.45) is 0.515. The molecule has 0 saturated carbocycles. The van der Waals surface area contributed by atoms with Gasteiger partial charge < -0.3 is 15.8 Å². The number of hydrogen-bond acceptors (Lipinski definition) is 3. The third-order valence-corrected chi connectivity index (χ3v) is 2.07. The first-order valence-corrected chi connectivity index (χ1v) is 4.99. The molecule has 1 rings (SSSR count). The molecule has 1 aromatic carbocycles. The van der Waals surface area contributed by atoms with E-state index in [1.807, 2.05) is 0 Å². The smallest absolute Gasteiger partial charge is 0.257 e. The summed E-state index contributed by atoms with van der Waals surface area (Å²) in [4.78, 5) is 11.0. The van der Waals surface area contributed by atoms with Crippen LogP contribution in [0.15, 0.2) is 18.2 Å². The fourth-order valence-corrected chi connectivity index (χ4v) is 1.26. The standard InChI is InChI=1S/C11H15FN2O2/c1-14-11(15)7-16-10-3-2-9(12)6-8(10)4-5-13/h2-3,6H,4-5,7,13H2,1H3,(H,14,15). The Morgan fingerprint density at radius 3 is 2.94 bits per heavy atom. The largest absolute Gasteiger partial charge is 0.483 e. The molecule has 0 bridgehead atoms. The summed E-state index contributed by atoms with van der Waals surface area (Å²) in [5.41, 5.74) is 6.08. The van der Waals surface area contributed by atoms with Gasteiger partial charge in [-0.15, -0.1) is 0 Å². The SMILES string of the molecule is CNC(=O)COc1ccc(F)cc1CCN. The van der Waals surface area contributed by atoms with Crippen molar-refractivity contribution in [3.05, 3.63) is 29.6 Å². The molecule has 0 unspecified atom stereocenters. The first kappa shape index (κ1) is 12.4. The second kappa shape index (κ2) is 6.07. The molecular weight excluding hydrogens is 211 g/mol. The Hall–Kier alpha value is -1.62. The van der Waals surface area contributed by atoms with Gasteiger partial charge >= 0.3 is 0 Å². The van der Waals surface area contributed by atoms with E-state index < -0.39 is 0 Å². The van der Waals surface area contributed by atoms with Crippen LogP contribution in [0.4, 0.5) is 4.39 Å². The number of carbonyl (C=O) groups is 1. The van der Waals surface area contributed by atoms with Gasteiger partial charge in [0.15, 0.2) is 6.61 Å². The Kier molecular flexibility index (Phi) is 4.72. The number of amides is 1. The van der Waals surface area contributed by atoms with Crippen molar-refractivity contribution >= 4 is 5.91 Å². The van der Waals surface area contributed by atoms with Gasteiger partial charge in [0.1, 0.15) is 11.6 Å². The van der Waals surface area contributed by atoms with Crippen LogP contribution in [0, 0.1) is 5.82 Å². The minimum atomic E-state index is -0.337. The van der Waals surface area contributed by atoms with Crippen molar-refractivity contribution in [3.63, 3.8) is 0 Å². The number of rotatable bonds is 5. The van der Waals surface area contributed by atoms with Gasteiger partial charge in [0.2, 0.25) is 0 Å². The number of nitrogens with one attached hydrogen (secondary N) is 1. The van der Waals surface area contributed by atoms with E-state index in [1.54, 1.807) is 0 Å². The lowest BCUT2D eigenvalue weighted by molar-refractivity contribution is -0.122. The zero-order valence-electron chi connectivity index (χ0n) is 9.13. The molecular formula is C11H15FN2O2. The van der Waals surface area contributed by atoms with Crippen molar-refractivity contribution in [3.8, 4) is 5.75 Å². The molecule has 0 atom stereocenters. The van der Waals surface area contributed by atoms with Crippen molar-refractivity contribution in [2.45, 2.75) is 6.42 Å². The summed E-state index contributed by atoms with van der Waals surface area (Å²) >= 11 is 0. The second-order valence-electron chi connectivity index (χ2n) is 3.25. The van der Waals surface area contributed by atoms with Gasteiger partial charge in [0.25, 0.3) is 5.91 Å². The zero-order valence-corrected chi connectivity index (χ0v) is 9.13. The van der Waals surface area contributed by atoms with Crippen LogP contribution < -0.4 is 15.8 Å². The molecule has 0 fully saturated rings. The van der Waals surface area contributed by atoms with Gasteiger partial charge in [-0.2, -0.15) is 0 Å². The summed E-state index contributed by atoms with van der Waals surface area (Å²) in [5, 5.41) is 2.44. The van der Waals surface area contributed by atoms with Crippen LogP contribution in [-0.4, -0.2) is 26.1 Å². The summed E-state index contributed by atoms with van der Waals surface area (Å²) in [5.74, 6) is -0.0748. The Bertz CT molecular complexity index is 369. The minimum Gasteiger partial charge on any atom is -0.483 e. The fraction of sp³-hybridized carbons (Fsp3) is 0.364. The molecule has 88 valence electrons. The monoisotopic (exact) mass is 226 g/mol. The van der Waals surface area contributed by atoms with Crippen LogP contribution in [0.5, 0.6) is 5.75 Å². The summed E-state index contributed by atoms with van der Waals surface area (Å²) in [6.45, 7) is 0.319. The quantitative estimate of drug-likeness (QED) is 0.766. The molecule has 5 heteroatoms. The Balaban J connectivity index is 2.73. The highest BCUT2D eigenvalue weighted by Crippen LogP contribution is 2.19. The van der Waals surface area contributed by atoms with Crippen molar-refractivity contribution in [1.82, 2.24) is 5.32 Å². The molecule has 0 radical (unpaired) electrons. The molecule has 3 N–H and O–H groups in total. The number of benzene rings is 1. The minimum absolute atomic E-state index is 0.0836. The Morgan fingerprint density at radius 2 is 2.31 bits per heavy atom. The number of halogens is 1. The van der Waals surface area contributed by atoms with Gasteiger partial charge in [-0.1, -0.05) is 0 Å². The summed E-state index contributed by atoms with van der Waals surface area (Å²) < 4.78 is 18.2. The van der Waals surface area contributed by atoms with E-state index in [0.717, 1.165) is 0 Å². The van der Waals surface area contributed by atoms with Crippen LogP contribution in [0.3, 0.4) is 0 Å². The van der Waals surface area contributed by atoms with E-state index in [-0.39, 0.29) is 18.3 Å². The third kappa shape index (κ3) is 3.51. The summed E-state index contributed by atoms with van der Waals surface area (Å²) in [6, 6.07) is 4.16. The van der Waals surface area contributed by atoms with Gasteiger partial charge in [-0.25, -0.2) is 4.39 Å². The number of likely N-dealkylation sites (N-methyl/N-ethyl adjacent to an activating group) is 1. The molecule has 1 amide bonds. The predicted molar refractivity (Wildman–Crippen MR) is 58.7 cm³/mol. The molecule has 0 aliphatic heterocycles. The molecule has 4 nitrogen and oxygen atoms in total. The van der Waals surface area contributed by atoms with E-state index in [9.17, 15) is 9.18 Å². The van der Waals surface area contributed by atoms with E-state index in [4.69, 9.17) is 10.5 Å². The molecule has 0 saturated heterocycles. The van der Waals surface area contributed by atoms with Crippen LogP contribution in [0.25, 0.3) is 0 Å². The first-order valence-electron chi connectivity index (χ1n) is 4.99. The average Bonchev–Trinajstić information content (AvgIpc) is 2.28. The van der Waals surface area contributed by atoms with Crippen molar-refractivity contribution in [2.24, 2.45) is 5.73 Å². The zero-order chi connectivity index (χ0) is 12.0. The molecule has 0 spiro atoms. The number of hydrogen-bond donors (Lipinski definition) is 2. The molecule has 16 heavy (non-hydrogen) atoms. The van der Waals surface area contributed by atoms with Gasteiger partial charge in [-0.3, -0.25) is 4.79 Å². The summed E-state index contributed by atoms with van der Waals surface area (Å²) in [7, 11) is 1.52. The molecule has 0 aliphatic rings. The lowest BCUT2D eigenvalue weighted by Gasteiger charge is -2.10. The Labute approximate surface area is 93.6 Å². The number of nitrogens with two attached hydrogens (primary N) is 1. The van der Waals surface area contributed by atoms with Crippen molar-refractivity contribution < 1.29 is 13.9 Å². The molecule has 0 aliphatic carbocycles. The fourth-order valence-electron chi connectivity index (χ4n) is 1.26. The van der Waals surface area contributed by atoms with Crippen LogP contribution >= 0.6 is 0 Å². The average molecular weight is 226 g/mol. The lowest BCUT2D eigenvalue weighted by Crippen LogP contribution is -2.25. The van der Waals surface area contributed by atoms with Gasteiger partial charge in [0, 0.05) is 7.05 Å². The second-order valence-corrected chi connectivity index (χ2v) is 3.25. The number of carbonyl (C=O) groups excluding carboxylic acids is 1. The van der Waals surface area contributed by atoms with Crippen LogP contribution in [0.2, 0.25) is 0 Å². The van der Waals surface area contributed by atoms with E-state index in [0.29, 0.717) is 24.3 Å². The Morgan fingerprint density at radius 1 is 1.56 bits per heavy atom. The molecule has 1 aromatic rings. The van der Waals surface area contributed by atoms with E-state index in [1.165, 1.54) is 25.2 Å². The van der Waals surface area contributed by atoms with E-state index in [2.05, 4.69) is 5.32 Å². The molecule has 0 aromatic heterocycles. The van der Waals surface area contributed by atoms with E-state index >= 15 is 0 Å². The maximum atomic E-state index is 13.0. The van der Waals surface area contributed by atoms with Crippen molar-refractivity contribution in [2.75, 3.05) is 20.2 Å². The predicted octanol–water partition coefficient (Wildman–Crippen LogP) is 0.452. The number of ether oxygens (including phenoxy) is 1. The topological polar surface area (TPSA) is 64.3 Å². The van der Waals surface area contributed by atoms with Gasteiger partial charge in [0.05, 0.1) is 0 Å². The normalized spacial score (nSPS) is 9.94. The van der Waals surface area contributed by atoms with Crippen LogP contribution in [-0.2, 0) is 11.2 Å². The maximum Gasteiger partial charge on any atom is 0.257 e. The highest BCUT2D eigenvalue weighted by Gasteiger charge is 2.06. The highest BCUT2D eigenvalue weighted by molar-refractivity contribution is 5.77. The van der Waals surface area contributed by atoms with Crippen molar-refractivity contribution in [1.29, 1.82) is 0 Å². The first-order chi connectivity index (χ1) is 7.67. The maximum absolute atomic E-state index is 13.0.